The van der Waals surface area contributed by atoms with Crippen LogP contribution in [0.15, 0.2) is 36.4 Å². The molecule has 2 rings (SSSR count). The molecule has 88 valence electrons. The van der Waals surface area contributed by atoms with E-state index in [0.717, 1.165) is 20.5 Å². The van der Waals surface area contributed by atoms with Crippen molar-refractivity contribution in [3.05, 3.63) is 51.3 Å². The molecule has 0 radical (unpaired) electrons. The summed E-state index contributed by atoms with van der Waals surface area (Å²) in [5.74, 6) is -0.232. The van der Waals surface area contributed by atoms with Crippen LogP contribution in [0.25, 0.3) is 0 Å². The minimum absolute atomic E-state index is 0.232. The van der Waals surface area contributed by atoms with Crippen molar-refractivity contribution in [3.8, 4) is 0 Å². The molecule has 0 amide bonds. The van der Waals surface area contributed by atoms with Gasteiger partial charge in [0.25, 0.3) is 0 Å². The molecule has 0 aliphatic rings. The van der Waals surface area contributed by atoms with E-state index < -0.39 is 0 Å². The van der Waals surface area contributed by atoms with E-state index in [1.54, 1.807) is 6.07 Å². The number of nitrogens with two attached hydrogens (primary N) is 1. The summed E-state index contributed by atoms with van der Waals surface area (Å²) in [6.45, 7) is 2.00. The molecule has 2 aromatic carbocycles. The first-order valence-corrected chi connectivity index (χ1v) is 6.22. The Labute approximate surface area is 113 Å². The molecule has 0 unspecified atom stereocenters. The summed E-state index contributed by atoms with van der Waals surface area (Å²) < 4.78 is 13.8. The SMILES string of the molecule is Cc1ccc(N)cc1Nc1ccc(F)cc1I. The van der Waals surface area contributed by atoms with Crippen LogP contribution in [0.3, 0.4) is 0 Å². The molecule has 2 nitrogen and oxygen atoms in total. The molecule has 0 aliphatic carbocycles. The van der Waals surface area contributed by atoms with Crippen LogP contribution < -0.4 is 11.1 Å². The van der Waals surface area contributed by atoms with Gasteiger partial charge in [0, 0.05) is 14.9 Å². The predicted molar refractivity (Wildman–Crippen MR) is 78.0 cm³/mol. The van der Waals surface area contributed by atoms with Gasteiger partial charge in [0.05, 0.1) is 5.69 Å². The molecule has 0 saturated carbocycles. The molecule has 4 heteroatoms. The van der Waals surface area contributed by atoms with E-state index in [0.29, 0.717) is 5.69 Å². The van der Waals surface area contributed by atoms with Crippen LogP contribution in [0.2, 0.25) is 0 Å². The molecule has 2 aromatic rings. The Morgan fingerprint density at radius 1 is 1.12 bits per heavy atom. The number of benzene rings is 2. The van der Waals surface area contributed by atoms with Crippen LogP contribution in [0.1, 0.15) is 5.56 Å². The van der Waals surface area contributed by atoms with Crippen LogP contribution in [-0.2, 0) is 0 Å². The third kappa shape index (κ3) is 2.88. The number of halogens is 2. The second-order valence-corrected chi connectivity index (χ2v) is 4.99. The second kappa shape index (κ2) is 4.91. The van der Waals surface area contributed by atoms with Crippen molar-refractivity contribution in [1.29, 1.82) is 0 Å². The van der Waals surface area contributed by atoms with E-state index >= 15 is 0 Å². The van der Waals surface area contributed by atoms with Gasteiger partial charge in [0.2, 0.25) is 0 Å². The van der Waals surface area contributed by atoms with E-state index in [1.807, 2.05) is 25.1 Å². The highest BCUT2D eigenvalue weighted by Gasteiger charge is 2.04. The zero-order chi connectivity index (χ0) is 12.4. The molecular formula is C13H12FIN2. The highest BCUT2D eigenvalue weighted by molar-refractivity contribution is 14.1. The van der Waals surface area contributed by atoms with E-state index in [1.165, 1.54) is 12.1 Å². The molecule has 0 bridgehead atoms. The van der Waals surface area contributed by atoms with Gasteiger partial charge in [-0.05, 0) is 65.4 Å². The van der Waals surface area contributed by atoms with Gasteiger partial charge in [-0.3, -0.25) is 0 Å². The number of nitrogen functional groups attached to an aromatic ring is 1. The maximum atomic E-state index is 13.0. The summed E-state index contributed by atoms with van der Waals surface area (Å²) in [5, 5.41) is 3.25. The van der Waals surface area contributed by atoms with Crippen molar-refractivity contribution in [2.75, 3.05) is 11.1 Å². The van der Waals surface area contributed by atoms with Crippen molar-refractivity contribution in [2.24, 2.45) is 0 Å². The van der Waals surface area contributed by atoms with E-state index in [2.05, 4.69) is 27.9 Å². The number of anilines is 3. The molecule has 0 spiro atoms. The third-order valence-corrected chi connectivity index (χ3v) is 3.35. The second-order valence-electron chi connectivity index (χ2n) is 3.82. The Morgan fingerprint density at radius 3 is 2.59 bits per heavy atom. The maximum Gasteiger partial charge on any atom is 0.124 e. The minimum atomic E-state index is -0.232. The van der Waals surface area contributed by atoms with Crippen LogP contribution in [0, 0.1) is 16.3 Å². The Hall–Kier alpha value is -1.30. The Bertz CT molecular complexity index is 555. The van der Waals surface area contributed by atoms with Crippen LogP contribution in [0.4, 0.5) is 21.5 Å². The standard InChI is InChI=1S/C13H12FIN2/c1-8-2-4-10(16)7-13(8)17-12-5-3-9(14)6-11(12)15/h2-7,17H,16H2,1H3. The summed E-state index contributed by atoms with van der Waals surface area (Å²) in [7, 11) is 0. The molecule has 0 aromatic heterocycles. The lowest BCUT2D eigenvalue weighted by Gasteiger charge is -2.12. The average Bonchev–Trinajstić information content (AvgIpc) is 2.27. The quantitative estimate of drug-likeness (QED) is 0.638. The van der Waals surface area contributed by atoms with Crippen molar-refractivity contribution in [2.45, 2.75) is 6.92 Å². The van der Waals surface area contributed by atoms with E-state index in [9.17, 15) is 4.39 Å². The maximum absolute atomic E-state index is 13.0. The Balaban J connectivity index is 2.34. The molecule has 3 N–H and O–H groups in total. The van der Waals surface area contributed by atoms with Crippen molar-refractivity contribution in [3.63, 3.8) is 0 Å². The van der Waals surface area contributed by atoms with Gasteiger partial charge in [-0.15, -0.1) is 0 Å². The third-order valence-electron chi connectivity index (χ3n) is 2.46. The first-order chi connectivity index (χ1) is 8.06. The summed E-state index contributed by atoms with van der Waals surface area (Å²) >= 11 is 2.10. The van der Waals surface area contributed by atoms with Crippen LogP contribution >= 0.6 is 22.6 Å². The van der Waals surface area contributed by atoms with Crippen LogP contribution in [-0.4, -0.2) is 0 Å². The molecule has 0 heterocycles. The topological polar surface area (TPSA) is 38.0 Å². The zero-order valence-electron chi connectivity index (χ0n) is 9.30. The van der Waals surface area contributed by atoms with Crippen molar-refractivity contribution in [1.82, 2.24) is 0 Å². The first-order valence-electron chi connectivity index (χ1n) is 5.14. The normalized spacial score (nSPS) is 10.3. The van der Waals surface area contributed by atoms with Gasteiger partial charge in [0.15, 0.2) is 0 Å². The number of aryl methyl sites for hydroxylation is 1. The molecule has 0 fully saturated rings. The highest BCUT2D eigenvalue weighted by atomic mass is 127. The summed E-state index contributed by atoms with van der Waals surface area (Å²) in [4.78, 5) is 0. The first kappa shape index (κ1) is 12.2. The smallest absolute Gasteiger partial charge is 0.124 e. The monoisotopic (exact) mass is 342 g/mol. The number of nitrogens with one attached hydrogen (secondary N) is 1. The number of hydrogen-bond donors (Lipinski definition) is 2. The van der Waals surface area contributed by atoms with Gasteiger partial charge in [-0.2, -0.15) is 0 Å². The van der Waals surface area contributed by atoms with Gasteiger partial charge in [-0.25, -0.2) is 4.39 Å². The van der Waals surface area contributed by atoms with Gasteiger partial charge >= 0.3 is 0 Å². The lowest BCUT2D eigenvalue weighted by molar-refractivity contribution is 0.627. The van der Waals surface area contributed by atoms with Crippen LogP contribution in [0.5, 0.6) is 0 Å². The molecular weight excluding hydrogens is 330 g/mol. The highest BCUT2D eigenvalue weighted by Crippen LogP contribution is 2.26. The van der Waals surface area contributed by atoms with Crippen molar-refractivity contribution >= 4 is 39.7 Å². The predicted octanol–water partition coefficient (Wildman–Crippen LogP) is 4.06. The van der Waals surface area contributed by atoms with Gasteiger partial charge in [-0.1, -0.05) is 6.07 Å². The number of hydrogen-bond acceptors (Lipinski definition) is 2. The van der Waals surface area contributed by atoms with Gasteiger partial charge < -0.3 is 11.1 Å². The lowest BCUT2D eigenvalue weighted by atomic mass is 10.1. The summed E-state index contributed by atoms with van der Waals surface area (Å²) in [6, 6.07) is 10.3. The molecule has 0 saturated heterocycles. The minimum Gasteiger partial charge on any atom is -0.399 e. The molecule has 0 aliphatic heterocycles. The lowest BCUT2D eigenvalue weighted by Crippen LogP contribution is -1.97. The Morgan fingerprint density at radius 2 is 1.88 bits per heavy atom. The average molecular weight is 342 g/mol. The van der Waals surface area contributed by atoms with E-state index in [4.69, 9.17) is 5.73 Å². The fourth-order valence-corrected chi connectivity index (χ4v) is 2.12. The summed E-state index contributed by atoms with van der Waals surface area (Å²) in [5.41, 5.74) is 9.36. The summed E-state index contributed by atoms with van der Waals surface area (Å²) in [6.07, 6.45) is 0. The fourth-order valence-electron chi connectivity index (χ4n) is 1.51. The Kier molecular flexibility index (Phi) is 3.51. The number of rotatable bonds is 2. The van der Waals surface area contributed by atoms with Crippen molar-refractivity contribution < 1.29 is 4.39 Å². The van der Waals surface area contributed by atoms with E-state index in [-0.39, 0.29) is 5.82 Å². The molecule has 0 atom stereocenters. The molecule has 17 heavy (non-hydrogen) atoms. The van der Waals surface area contributed by atoms with Gasteiger partial charge in [0.1, 0.15) is 5.82 Å². The zero-order valence-corrected chi connectivity index (χ0v) is 11.5. The largest absolute Gasteiger partial charge is 0.399 e. The fraction of sp³-hybridized carbons (Fsp3) is 0.0769.